The smallest absolute Gasteiger partial charge is 0.266 e. The minimum atomic E-state index is -0.0719. The number of hydrogen-bond acceptors (Lipinski definition) is 3. The highest BCUT2D eigenvalue weighted by molar-refractivity contribution is 5.81. The predicted molar refractivity (Wildman–Crippen MR) is 114 cm³/mol. The first-order valence-corrected chi connectivity index (χ1v) is 9.24. The summed E-state index contributed by atoms with van der Waals surface area (Å²) < 4.78 is 7.15. The molecule has 0 N–H and O–H groups in total. The Hall–Kier alpha value is -3.40. The minimum absolute atomic E-state index is 0.0719. The van der Waals surface area contributed by atoms with Crippen LogP contribution in [-0.4, -0.2) is 16.7 Å². The van der Waals surface area contributed by atoms with E-state index in [2.05, 4.69) is 0 Å². The van der Waals surface area contributed by atoms with E-state index in [0.717, 1.165) is 33.7 Å². The molecule has 1 heterocycles. The largest absolute Gasteiger partial charge is 0.496 e. The van der Waals surface area contributed by atoms with E-state index >= 15 is 0 Å². The number of ether oxygens (including phenoxy) is 1. The Morgan fingerprint density at radius 3 is 2.32 bits per heavy atom. The third-order valence-electron chi connectivity index (χ3n) is 5.05. The fourth-order valence-electron chi connectivity index (χ4n) is 3.50. The maximum absolute atomic E-state index is 13.4. The third-order valence-corrected chi connectivity index (χ3v) is 5.05. The Kier molecular flexibility index (Phi) is 4.47. The number of fused-ring (bicyclic) bond motifs is 1. The molecule has 3 aromatic carbocycles. The molecule has 28 heavy (non-hydrogen) atoms. The van der Waals surface area contributed by atoms with Crippen molar-refractivity contribution in [2.45, 2.75) is 20.8 Å². The molecule has 0 saturated heterocycles. The zero-order valence-electron chi connectivity index (χ0n) is 16.5. The second-order valence-corrected chi connectivity index (χ2v) is 7.07. The first-order chi connectivity index (χ1) is 13.5. The number of benzene rings is 3. The average molecular weight is 370 g/mol. The van der Waals surface area contributed by atoms with Gasteiger partial charge in [-0.05, 0) is 68.3 Å². The Balaban J connectivity index is 2.11. The molecular weight excluding hydrogens is 348 g/mol. The van der Waals surface area contributed by atoms with Crippen molar-refractivity contribution in [1.82, 2.24) is 9.55 Å². The van der Waals surface area contributed by atoms with E-state index in [4.69, 9.17) is 9.72 Å². The molecule has 0 fully saturated rings. The quantitative estimate of drug-likeness (QED) is 0.510. The summed E-state index contributed by atoms with van der Waals surface area (Å²) >= 11 is 0. The van der Waals surface area contributed by atoms with Gasteiger partial charge in [-0.3, -0.25) is 9.36 Å². The molecule has 140 valence electrons. The molecule has 4 aromatic rings. The van der Waals surface area contributed by atoms with Gasteiger partial charge in [0, 0.05) is 5.56 Å². The number of rotatable bonds is 3. The summed E-state index contributed by atoms with van der Waals surface area (Å²) in [6, 6.07) is 19.4. The standard InChI is InChI=1S/C24H22N2O2/c1-15-9-11-18(12-10-15)26-23(20-13-17(3)22(28-4)14-16(20)2)25-21-8-6-5-7-19(21)24(26)27/h5-14H,1-4H3. The van der Waals surface area contributed by atoms with E-state index in [1.165, 1.54) is 0 Å². The van der Waals surface area contributed by atoms with Gasteiger partial charge in [0.1, 0.15) is 11.6 Å². The molecule has 0 aliphatic heterocycles. The van der Waals surface area contributed by atoms with Gasteiger partial charge >= 0.3 is 0 Å². The van der Waals surface area contributed by atoms with Crippen molar-refractivity contribution in [2.24, 2.45) is 0 Å². The second-order valence-electron chi connectivity index (χ2n) is 7.07. The monoisotopic (exact) mass is 370 g/mol. The number of methoxy groups -OCH3 is 1. The van der Waals surface area contributed by atoms with Gasteiger partial charge < -0.3 is 4.74 Å². The van der Waals surface area contributed by atoms with Crippen molar-refractivity contribution >= 4 is 10.9 Å². The normalized spacial score (nSPS) is 11.0. The molecule has 0 aliphatic carbocycles. The third kappa shape index (κ3) is 2.97. The van der Waals surface area contributed by atoms with Crippen LogP contribution in [0.5, 0.6) is 5.75 Å². The minimum Gasteiger partial charge on any atom is -0.496 e. The summed E-state index contributed by atoms with van der Waals surface area (Å²) in [6.45, 7) is 6.04. The van der Waals surface area contributed by atoms with Crippen molar-refractivity contribution in [3.63, 3.8) is 0 Å². The SMILES string of the molecule is COc1cc(C)c(-c2nc3ccccc3c(=O)n2-c2ccc(C)cc2)cc1C. The number of nitrogens with zero attached hydrogens (tertiary/aromatic N) is 2. The molecule has 0 saturated carbocycles. The van der Waals surface area contributed by atoms with E-state index in [9.17, 15) is 4.79 Å². The molecular formula is C24H22N2O2. The van der Waals surface area contributed by atoms with Crippen LogP contribution >= 0.6 is 0 Å². The fourth-order valence-corrected chi connectivity index (χ4v) is 3.50. The molecule has 4 heteroatoms. The average Bonchev–Trinajstić information content (AvgIpc) is 2.70. The molecule has 0 unspecified atom stereocenters. The number of hydrogen-bond donors (Lipinski definition) is 0. The van der Waals surface area contributed by atoms with Gasteiger partial charge in [-0.25, -0.2) is 4.98 Å². The number of aryl methyl sites for hydroxylation is 3. The van der Waals surface area contributed by atoms with Gasteiger partial charge in [0.05, 0.1) is 23.7 Å². The number of aromatic nitrogens is 2. The predicted octanol–water partition coefficient (Wildman–Crippen LogP) is 4.99. The highest BCUT2D eigenvalue weighted by atomic mass is 16.5. The lowest BCUT2D eigenvalue weighted by molar-refractivity contribution is 0.411. The summed E-state index contributed by atoms with van der Waals surface area (Å²) in [7, 11) is 1.66. The second kappa shape index (κ2) is 6.97. The lowest BCUT2D eigenvalue weighted by Gasteiger charge is -2.17. The van der Waals surface area contributed by atoms with Crippen LogP contribution < -0.4 is 10.3 Å². The van der Waals surface area contributed by atoms with Crippen molar-refractivity contribution in [3.8, 4) is 22.8 Å². The lowest BCUT2D eigenvalue weighted by Crippen LogP contribution is -2.22. The summed E-state index contributed by atoms with van der Waals surface area (Å²) in [5, 5.41) is 0.606. The maximum Gasteiger partial charge on any atom is 0.266 e. The molecule has 1 aromatic heterocycles. The number of para-hydroxylation sites is 1. The van der Waals surface area contributed by atoms with Gasteiger partial charge in [0.25, 0.3) is 5.56 Å². The van der Waals surface area contributed by atoms with Gasteiger partial charge in [0.2, 0.25) is 0 Å². The molecule has 0 aliphatic rings. The molecule has 4 nitrogen and oxygen atoms in total. The van der Waals surface area contributed by atoms with Crippen LogP contribution in [-0.2, 0) is 0 Å². The van der Waals surface area contributed by atoms with Crippen molar-refractivity contribution in [2.75, 3.05) is 7.11 Å². The van der Waals surface area contributed by atoms with E-state index in [1.807, 2.05) is 81.4 Å². The summed E-state index contributed by atoms with van der Waals surface area (Å²) in [4.78, 5) is 18.3. The lowest BCUT2D eigenvalue weighted by atomic mass is 10.0. The highest BCUT2D eigenvalue weighted by Crippen LogP contribution is 2.30. The van der Waals surface area contributed by atoms with Gasteiger partial charge in [-0.15, -0.1) is 0 Å². The van der Waals surface area contributed by atoms with Crippen LogP contribution in [0.3, 0.4) is 0 Å². The zero-order chi connectivity index (χ0) is 19.8. The fraction of sp³-hybridized carbons (Fsp3) is 0.167. The Bertz CT molecular complexity index is 1240. The molecule has 0 atom stereocenters. The first-order valence-electron chi connectivity index (χ1n) is 9.24. The van der Waals surface area contributed by atoms with Crippen molar-refractivity contribution in [1.29, 1.82) is 0 Å². The van der Waals surface area contributed by atoms with Gasteiger partial charge in [0.15, 0.2) is 0 Å². The highest BCUT2D eigenvalue weighted by Gasteiger charge is 2.17. The van der Waals surface area contributed by atoms with Crippen LogP contribution in [0.1, 0.15) is 16.7 Å². The van der Waals surface area contributed by atoms with Crippen LogP contribution in [0.4, 0.5) is 0 Å². The summed E-state index contributed by atoms with van der Waals surface area (Å²) in [5.41, 5.74) is 5.49. The van der Waals surface area contributed by atoms with Crippen LogP contribution in [0.2, 0.25) is 0 Å². The topological polar surface area (TPSA) is 44.1 Å². The van der Waals surface area contributed by atoms with Crippen LogP contribution in [0, 0.1) is 20.8 Å². The van der Waals surface area contributed by atoms with E-state index in [-0.39, 0.29) is 5.56 Å². The summed E-state index contributed by atoms with van der Waals surface area (Å²) in [5.74, 6) is 1.46. The van der Waals surface area contributed by atoms with Gasteiger partial charge in [-0.1, -0.05) is 29.8 Å². The van der Waals surface area contributed by atoms with Crippen molar-refractivity contribution in [3.05, 3.63) is 87.7 Å². The molecule has 4 rings (SSSR count). The van der Waals surface area contributed by atoms with Crippen LogP contribution in [0.25, 0.3) is 28.0 Å². The van der Waals surface area contributed by atoms with E-state index in [1.54, 1.807) is 11.7 Å². The maximum atomic E-state index is 13.4. The van der Waals surface area contributed by atoms with E-state index in [0.29, 0.717) is 16.7 Å². The first kappa shape index (κ1) is 18.0. The van der Waals surface area contributed by atoms with Crippen LogP contribution in [0.15, 0.2) is 65.5 Å². The van der Waals surface area contributed by atoms with Gasteiger partial charge in [-0.2, -0.15) is 0 Å². The summed E-state index contributed by atoms with van der Waals surface area (Å²) in [6.07, 6.45) is 0. The molecule has 0 amide bonds. The van der Waals surface area contributed by atoms with E-state index < -0.39 is 0 Å². The molecule has 0 bridgehead atoms. The van der Waals surface area contributed by atoms with Crippen molar-refractivity contribution < 1.29 is 4.74 Å². The Morgan fingerprint density at radius 2 is 1.61 bits per heavy atom. The zero-order valence-corrected chi connectivity index (χ0v) is 16.5. The molecule has 0 spiro atoms. The Labute approximate surface area is 164 Å². The Morgan fingerprint density at radius 1 is 0.893 bits per heavy atom. The molecule has 0 radical (unpaired) electrons.